The molecule has 1 atom stereocenters. The number of fused-ring (bicyclic) bond motifs is 3. The van der Waals surface area contributed by atoms with E-state index in [0.717, 1.165) is 0 Å². The van der Waals surface area contributed by atoms with E-state index in [0.29, 0.717) is 22.5 Å². The van der Waals surface area contributed by atoms with Gasteiger partial charge in [0, 0.05) is 17.6 Å². The van der Waals surface area contributed by atoms with Crippen LogP contribution in [-0.2, 0) is 0 Å². The van der Waals surface area contributed by atoms with Crippen LogP contribution in [0.2, 0.25) is 0 Å². The molecule has 1 aliphatic carbocycles. The van der Waals surface area contributed by atoms with Gasteiger partial charge in [0.25, 0.3) is 5.69 Å². The van der Waals surface area contributed by atoms with Gasteiger partial charge in [-0.1, -0.05) is 13.0 Å². The molecule has 0 amide bonds. The van der Waals surface area contributed by atoms with Crippen molar-refractivity contribution in [2.45, 2.75) is 6.92 Å². The zero-order valence-electron chi connectivity index (χ0n) is 9.55. The van der Waals surface area contributed by atoms with E-state index in [2.05, 4.69) is 4.99 Å². The molecule has 0 fully saturated rings. The molecule has 3 rings (SSSR count). The molecule has 0 saturated heterocycles. The van der Waals surface area contributed by atoms with Crippen LogP contribution in [0, 0.1) is 16.0 Å². The highest BCUT2D eigenvalue weighted by molar-refractivity contribution is 6.32. The lowest BCUT2D eigenvalue weighted by Gasteiger charge is -2.13. The highest BCUT2D eigenvalue weighted by Crippen LogP contribution is 2.44. The van der Waals surface area contributed by atoms with Crippen LogP contribution in [0.1, 0.15) is 12.5 Å². The quantitative estimate of drug-likeness (QED) is 0.560. The molecule has 2 aliphatic rings. The largest absolute Gasteiger partial charge is 0.279 e. The van der Waals surface area contributed by atoms with Crippen LogP contribution in [-0.4, -0.2) is 10.6 Å². The molecule has 1 unspecified atom stereocenters. The lowest BCUT2D eigenvalue weighted by atomic mass is 9.89. The lowest BCUT2D eigenvalue weighted by molar-refractivity contribution is -0.385. The molecule has 0 radical (unpaired) electrons. The molecule has 1 aromatic carbocycles. The normalized spacial score (nSPS) is 20.6. The second kappa shape index (κ2) is 3.60. The Balaban J connectivity index is 2.27. The number of nitro groups is 1. The summed E-state index contributed by atoms with van der Waals surface area (Å²) in [4.78, 5) is 14.9. The van der Waals surface area contributed by atoms with Crippen molar-refractivity contribution in [3.05, 3.63) is 51.9 Å². The Morgan fingerprint density at radius 1 is 1.44 bits per heavy atom. The van der Waals surface area contributed by atoms with Crippen molar-refractivity contribution in [2.24, 2.45) is 10.9 Å². The summed E-state index contributed by atoms with van der Waals surface area (Å²) in [6.07, 6.45) is 2.78. The zero-order valence-corrected chi connectivity index (χ0v) is 9.55. The number of rotatable bonds is 1. The molecule has 0 aromatic heterocycles. The summed E-state index contributed by atoms with van der Waals surface area (Å²) < 4.78 is 13.5. The van der Waals surface area contributed by atoms with Gasteiger partial charge in [0.05, 0.1) is 21.9 Å². The summed E-state index contributed by atoms with van der Waals surface area (Å²) in [6, 6.07) is 4.71. The Kier molecular flexibility index (Phi) is 2.16. The maximum Gasteiger partial charge on any atom is 0.279 e. The van der Waals surface area contributed by atoms with Crippen molar-refractivity contribution in [1.29, 1.82) is 0 Å². The summed E-state index contributed by atoms with van der Waals surface area (Å²) >= 11 is 0. The second-order valence-electron chi connectivity index (χ2n) is 4.32. The SMILES string of the molecule is CC1C=C(F)C=C2C1=Nc1cccc([N+](=O)[O-])c12. The Morgan fingerprint density at radius 3 is 2.94 bits per heavy atom. The molecule has 1 aromatic rings. The number of allylic oxidation sites excluding steroid dienone is 4. The van der Waals surface area contributed by atoms with Gasteiger partial charge in [0.15, 0.2) is 0 Å². The fourth-order valence-electron chi connectivity index (χ4n) is 2.36. The maximum atomic E-state index is 13.5. The number of nitrogens with zero attached hydrogens (tertiary/aromatic N) is 2. The van der Waals surface area contributed by atoms with Crippen molar-refractivity contribution >= 4 is 22.7 Å². The number of hydrogen-bond acceptors (Lipinski definition) is 3. The highest BCUT2D eigenvalue weighted by atomic mass is 19.1. The Morgan fingerprint density at radius 2 is 2.22 bits per heavy atom. The predicted octanol–water partition coefficient (Wildman–Crippen LogP) is 3.57. The molecule has 0 bridgehead atoms. The predicted molar refractivity (Wildman–Crippen MR) is 66.5 cm³/mol. The van der Waals surface area contributed by atoms with Gasteiger partial charge < -0.3 is 0 Å². The average Bonchev–Trinajstić information content (AvgIpc) is 2.68. The van der Waals surface area contributed by atoms with Crippen molar-refractivity contribution in [2.75, 3.05) is 0 Å². The molecular weight excluding hydrogens is 235 g/mol. The van der Waals surface area contributed by atoms with E-state index in [1.165, 1.54) is 18.2 Å². The van der Waals surface area contributed by atoms with Crippen LogP contribution in [0.5, 0.6) is 0 Å². The van der Waals surface area contributed by atoms with Gasteiger partial charge in [0.1, 0.15) is 5.83 Å². The Hall–Kier alpha value is -2.30. The maximum absolute atomic E-state index is 13.5. The third-order valence-corrected chi connectivity index (χ3v) is 3.13. The molecule has 5 heteroatoms. The minimum Gasteiger partial charge on any atom is -0.258 e. The van der Waals surface area contributed by atoms with Crippen molar-refractivity contribution in [3.8, 4) is 0 Å². The summed E-state index contributed by atoms with van der Waals surface area (Å²) in [6.45, 7) is 1.82. The number of nitro benzene ring substituents is 1. The van der Waals surface area contributed by atoms with Crippen molar-refractivity contribution in [1.82, 2.24) is 0 Å². The molecule has 4 nitrogen and oxygen atoms in total. The smallest absolute Gasteiger partial charge is 0.258 e. The van der Waals surface area contributed by atoms with E-state index in [9.17, 15) is 14.5 Å². The summed E-state index contributed by atoms with van der Waals surface area (Å²) in [5, 5.41) is 11.0. The van der Waals surface area contributed by atoms with Gasteiger partial charge in [-0.2, -0.15) is 0 Å². The van der Waals surface area contributed by atoms with E-state index in [-0.39, 0.29) is 17.4 Å². The van der Waals surface area contributed by atoms with Gasteiger partial charge >= 0.3 is 0 Å². The van der Waals surface area contributed by atoms with Crippen molar-refractivity contribution in [3.63, 3.8) is 0 Å². The second-order valence-corrected chi connectivity index (χ2v) is 4.32. The Labute approximate surface area is 102 Å². The van der Waals surface area contributed by atoms with Gasteiger partial charge in [-0.3, -0.25) is 15.1 Å². The van der Waals surface area contributed by atoms with Crippen LogP contribution in [0.15, 0.2) is 41.2 Å². The fraction of sp³-hybridized carbons (Fsp3) is 0.154. The summed E-state index contributed by atoms with van der Waals surface area (Å²) in [5.74, 6) is -0.542. The molecule has 1 heterocycles. The van der Waals surface area contributed by atoms with E-state index < -0.39 is 4.92 Å². The van der Waals surface area contributed by atoms with Crippen LogP contribution in [0.4, 0.5) is 15.8 Å². The monoisotopic (exact) mass is 244 g/mol. The third kappa shape index (κ3) is 1.40. The topological polar surface area (TPSA) is 55.5 Å². The molecule has 0 saturated carbocycles. The first kappa shape index (κ1) is 10.8. The highest BCUT2D eigenvalue weighted by Gasteiger charge is 2.33. The van der Waals surface area contributed by atoms with Crippen LogP contribution < -0.4 is 0 Å². The van der Waals surface area contributed by atoms with Crippen LogP contribution in [0.25, 0.3) is 5.57 Å². The van der Waals surface area contributed by atoms with Crippen LogP contribution in [0.3, 0.4) is 0 Å². The number of halogens is 1. The molecule has 18 heavy (non-hydrogen) atoms. The minimum absolute atomic E-state index is 0.0283. The average molecular weight is 244 g/mol. The fourth-order valence-corrected chi connectivity index (χ4v) is 2.36. The zero-order chi connectivity index (χ0) is 12.9. The molecule has 0 N–H and O–H groups in total. The lowest BCUT2D eigenvalue weighted by Crippen LogP contribution is -2.12. The first-order valence-corrected chi connectivity index (χ1v) is 5.53. The van der Waals surface area contributed by atoms with E-state index in [1.807, 2.05) is 6.92 Å². The third-order valence-electron chi connectivity index (χ3n) is 3.13. The van der Waals surface area contributed by atoms with Crippen LogP contribution >= 0.6 is 0 Å². The molecule has 90 valence electrons. The summed E-state index contributed by atoms with van der Waals surface area (Å²) in [7, 11) is 0. The number of benzene rings is 1. The van der Waals surface area contributed by atoms with Crippen molar-refractivity contribution < 1.29 is 9.31 Å². The van der Waals surface area contributed by atoms with Gasteiger partial charge in [-0.05, 0) is 18.2 Å². The van der Waals surface area contributed by atoms with Gasteiger partial charge in [-0.25, -0.2) is 4.39 Å². The first-order valence-electron chi connectivity index (χ1n) is 5.53. The minimum atomic E-state index is -0.459. The van der Waals surface area contributed by atoms with E-state index >= 15 is 0 Å². The number of hydrogen-bond donors (Lipinski definition) is 0. The van der Waals surface area contributed by atoms with E-state index in [4.69, 9.17) is 0 Å². The van der Waals surface area contributed by atoms with Gasteiger partial charge in [0.2, 0.25) is 0 Å². The Bertz CT molecular complexity index is 659. The molecule has 0 spiro atoms. The number of aliphatic imine (C=N–C) groups is 1. The molecular formula is C13H9FN2O2. The molecule has 1 aliphatic heterocycles. The summed E-state index contributed by atoms with van der Waals surface area (Å²) in [5.41, 5.74) is 2.16. The first-order chi connectivity index (χ1) is 8.58. The standard InChI is InChI=1S/C13H9FN2O2/c1-7-5-8(14)6-9-12-10(15-13(7)9)3-2-4-11(12)16(17)18/h2-7H,1H3. The van der Waals surface area contributed by atoms with Gasteiger partial charge in [-0.15, -0.1) is 0 Å². The van der Waals surface area contributed by atoms with E-state index in [1.54, 1.807) is 12.1 Å².